The van der Waals surface area contributed by atoms with Gasteiger partial charge in [-0.05, 0) is 37.6 Å². The van der Waals surface area contributed by atoms with E-state index in [4.69, 9.17) is 11.5 Å². The van der Waals surface area contributed by atoms with Crippen molar-refractivity contribution in [3.63, 3.8) is 0 Å². The third-order valence-electron chi connectivity index (χ3n) is 2.63. The predicted molar refractivity (Wildman–Crippen MR) is 67.3 cm³/mol. The van der Waals surface area contributed by atoms with E-state index < -0.39 is 0 Å². The summed E-state index contributed by atoms with van der Waals surface area (Å²) in [5.74, 6) is -0.273. The third-order valence-corrected chi connectivity index (χ3v) is 2.63. The van der Waals surface area contributed by atoms with Gasteiger partial charge in [0.1, 0.15) is 0 Å². The number of carbonyl (C=O) groups excluding carboxylic acids is 1. The number of nitrogen functional groups attached to an aromatic ring is 1. The zero-order chi connectivity index (χ0) is 12.1. The van der Waals surface area contributed by atoms with Crippen molar-refractivity contribution >= 4 is 17.3 Å². The zero-order valence-corrected chi connectivity index (χ0v) is 9.86. The van der Waals surface area contributed by atoms with Gasteiger partial charge in [-0.25, -0.2) is 0 Å². The fourth-order valence-corrected chi connectivity index (χ4v) is 1.57. The van der Waals surface area contributed by atoms with Crippen molar-refractivity contribution in [1.82, 2.24) is 0 Å². The second kappa shape index (κ2) is 5.39. The van der Waals surface area contributed by atoms with Gasteiger partial charge in [0.15, 0.2) is 0 Å². The summed E-state index contributed by atoms with van der Waals surface area (Å²) in [6, 6.07) is 5.88. The maximum atomic E-state index is 10.7. The lowest BCUT2D eigenvalue weighted by Gasteiger charge is -2.23. The molecule has 0 aliphatic rings. The minimum absolute atomic E-state index is 0.273. The van der Waals surface area contributed by atoms with Crippen LogP contribution in [0.2, 0.25) is 0 Å². The van der Waals surface area contributed by atoms with Gasteiger partial charge in [0.25, 0.3) is 0 Å². The summed E-state index contributed by atoms with van der Waals surface area (Å²) in [5, 5.41) is 0. The first kappa shape index (κ1) is 12.4. The minimum atomic E-state index is -0.273. The lowest BCUT2D eigenvalue weighted by atomic mass is 10.1. The number of nitrogens with zero attached hydrogens (tertiary/aromatic N) is 1. The number of nitrogens with two attached hydrogens (primary N) is 2. The summed E-state index contributed by atoms with van der Waals surface area (Å²) in [6.07, 6.45) is 0.372. The molecule has 0 radical (unpaired) electrons. The topological polar surface area (TPSA) is 72.3 Å². The quantitative estimate of drug-likeness (QED) is 0.736. The molecule has 0 aromatic heterocycles. The van der Waals surface area contributed by atoms with E-state index in [1.165, 1.54) is 0 Å². The number of carbonyl (C=O) groups is 1. The molecule has 1 rings (SSSR count). The SMILES string of the molecule is CCN(CCC(N)=O)c1ccc(N)c(C)c1. The van der Waals surface area contributed by atoms with Crippen LogP contribution in [0, 0.1) is 6.92 Å². The summed E-state index contributed by atoms with van der Waals surface area (Å²) in [6.45, 7) is 5.51. The summed E-state index contributed by atoms with van der Waals surface area (Å²) in [7, 11) is 0. The normalized spacial score (nSPS) is 10.1. The Hall–Kier alpha value is -1.71. The Bertz CT molecular complexity index is 377. The van der Waals surface area contributed by atoms with Crippen LogP contribution in [-0.2, 0) is 4.79 Å². The Morgan fingerprint density at radius 1 is 1.44 bits per heavy atom. The summed E-state index contributed by atoms with van der Waals surface area (Å²) < 4.78 is 0. The lowest BCUT2D eigenvalue weighted by Crippen LogP contribution is -2.27. The highest BCUT2D eigenvalue weighted by Crippen LogP contribution is 2.20. The van der Waals surface area contributed by atoms with E-state index in [9.17, 15) is 4.79 Å². The second-order valence-electron chi connectivity index (χ2n) is 3.84. The highest BCUT2D eigenvalue weighted by atomic mass is 16.1. The van der Waals surface area contributed by atoms with E-state index in [2.05, 4.69) is 4.90 Å². The van der Waals surface area contributed by atoms with Crippen LogP contribution in [0.15, 0.2) is 18.2 Å². The predicted octanol–water partition coefficient (Wildman–Crippen LogP) is 1.28. The molecule has 16 heavy (non-hydrogen) atoms. The number of hydrogen-bond acceptors (Lipinski definition) is 3. The van der Waals surface area contributed by atoms with Crippen LogP contribution >= 0.6 is 0 Å². The van der Waals surface area contributed by atoms with Gasteiger partial charge < -0.3 is 16.4 Å². The molecule has 1 amide bonds. The fraction of sp³-hybridized carbons (Fsp3) is 0.417. The molecule has 0 saturated heterocycles. The highest BCUT2D eigenvalue weighted by Gasteiger charge is 2.06. The Morgan fingerprint density at radius 3 is 2.62 bits per heavy atom. The molecule has 0 bridgehead atoms. The van der Waals surface area contributed by atoms with E-state index in [1.807, 2.05) is 32.0 Å². The van der Waals surface area contributed by atoms with Crippen molar-refractivity contribution in [2.75, 3.05) is 23.7 Å². The Balaban J connectivity index is 2.78. The van der Waals surface area contributed by atoms with Gasteiger partial charge in [-0.3, -0.25) is 4.79 Å². The van der Waals surface area contributed by atoms with Crippen LogP contribution in [-0.4, -0.2) is 19.0 Å². The van der Waals surface area contributed by atoms with Gasteiger partial charge in [-0.2, -0.15) is 0 Å². The molecule has 88 valence electrons. The maximum absolute atomic E-state index is 10.7. The number of benzene rings is 1. The highest BCUT2D eigenvalue weighted by molar-refractivity contribution is 5.74. The molecule has 0 aliphatic heterocycles. The molecule has 1 aromatic rings. The molecule has 0 heterocycles. The average Bonchev–Trinajstić information content (AvgIpc) is 2.23. The van der Waals surface area contributed by atoms with Gasteiger partial charge in [-0.15, -0.1) is 0 Å². The van der Waals surface area contributed by atoms with E-state index in [1.54, 1.807) is 0 Å². The first-order chi connectivity index (χ1) is 7.54. The van der Waals surface area contributed by atoms with Crippen molar-refractivity contribution in [3.8, 4) is 0 Å². The first-order valence-electron chi connectivity index (χ1n) is 5.44. The van der Waals surface area contributed by atoms with Crippen LogP contribution in [0.25, 0.3) is 0 Å². The largest absolute Gasteiger partial charge is 0.399 e. The van der Waals surface area contributed by atoms with E-state index in [-0.39, 0.29) is 5.91 Å². The number of amides is 1. The average molecular weight is 221 g/mol. The van der Waals surface area contributed by atoms with Crippen molar-refractivity contribution in [2.24, 2.45) is 5.73 Å². The zero-order valence-electron chi connectivity index (χ0n) is 9.86. The molecule has 0 aliphatic carbocycles. The molecule has 4 N–H and O–H groups in total. The second-order valence-corrected chi connectivity index (χ2v) is 3.84. The van der Waals surface area contributed by atoms with Gasteiger partial charge >= 0.3 is 0 Å². The van der Waals surface area contributed by atoms with Gasteiger partial charge in [0.05, 0.1) is 0 Å². The molecule has 1 aromatic carbocycles. The van der Waals surface area contributed by atoms with E-state index in [0.29, 0.717) is 13.0 Å². The van der Waals surface area contributed by atoms with Crippen molar-refractivity contribution < 1.29 is 4.79 Å². The first-order valence-corrected chi connectivity index (χ1v) is 5.44. The summed E-state index contributed by atoms with van der Waals surface area (Å²) in [4.78, 5) is 12.9. The van der Waals surface area contributed by atoms with Crippen molar-refractivity contribution in [3.05, 3.63) is 23.8 Å². The van der Waals surface area contributed by atoms with Gasteiger partial charge in [-0.1, -0.05) is 0 Å². The summed E-state index contributed by atoms with van der Waals surface area (Å²) in [5.41, 5.74) is 13.8. The summed E-state index contributed by atoms with van der Waals surface area (Å²) >= 11 is 0. The van der Waals surface area contributed by atoms with E-state index in [0.717, 1.165) is 23.5 Å². The number of aryl methyl sites for hydroxylation is 1. The maximum Gasteiger partial charge on any atom is 0.219 e. The van der Waals surface area contributed by atoms with E-state index >= 15 is 0 Å². The van der Waals surface area contributed by atoms with Crippen molar-refractivity contribution in [2.45, 2.75) is 20.3 Å². The lowest BCUT2D eigenvalue weighted by molar-refractivity contribution is -0.117. The Kier molecular flexibility index (Phi) is 4.17. The molecule has 0 fully saturated rings. The monoisotopic (exact) mass is 221 g/mol. The smallest absolute Gasteiger partial charge is 0.219 e. The van der Waals surface area contributed by atoms with Gasteiger partial charge in [0, 0.05) is 30.9 Å². The molecular formula is C12H19N3O. The fourth-order valence-electron chi connectivity index (χ4n) is 1.57. The third kappa shape index (κ3) is 3.15. The van der Waals surface area contributed by atoms with Crippen molar-refractivity contribution in [1.29, 1.82) is 0 Å². The molecule has 0 atom stereocenters. The molecule has 4 nitrogen and oxygen atoms in total. The van der Waals surface area contributed by atoms with Crippen LogP contribution in [0.1, 0.15) is 18.9 Å². The standard InChI is InChI=1S/C12H19N3O/c1-3-15(7-6-12(14)16)10-4-5-11(13)9(2)8-10/h4-5,8H,3,6-7,13H2,1-2H3,(H2,14,16). The molecule has 0 unspecified atom stereocenters. The number of anilines is 2. The number of primary amides is 1. The Labute approximate surface area is 96.2 Å². The molecule has 0 saturated carbocycles. The van der Waals surface area contributed by atoms with Gasteiger partial charge in [0.2, 0.25) is 5.91 Å². The van der Waals surface area contributed by atoms with Crippen LogP contribution in [0.5, 0.6) is 0 Å². The van der Waals surface area contributed by atoms with Crippen LogP contribution < -0.4 is 16.4 Å². The minimum Gasteiger partial charge on any atom is -0.399 e. The number of rotatable bonds is 5. The van der Waals surface area contributed by atoms with Crippen LogP contribution in [0.3, 0.4) is 0 Å². The van der Waals surface area contributed by atoms with Crippen LogP contribution in [0.4, 0.5) is 11.4 Å². The Morgan fingerprint density at radius 2 is 2.12 bits per heavy atom. The number of hydrogen-bond donors (Lipinski definition) is 2. The molecular weight excluding hydrogens is 202 g/mol. The molecule has 4 heteroatoms. The molecule has 0 spiro atoms.